The first-order chi connectivity index (χ1) is 16.2. The van der Waals surface area contributed by atoms with Gasteiger partial charge in [-0.1, -0.05) is 35.9 Å². The maximum atomic E-state index is 13.5. The minimum absolute atomic E-state index is 0.132. The molecule has 1 amide bonds. The molecular weight excluding hydrogens is 452 g/mol. The summed E-state index contributed by atoms with van der Waals surface area (Å²) >= 11 is 0. The normalized spacial score (nSPS) is 13.7. The average Bonchev–Trinajstić information content (AvgIpc) is 2.82. The Bertz CT molecular complexity index is 1290. The Morgan fingerprint density at radius 3 is 2.35 bits per heavy atom. The first kappa shape index (κ1) is 23.6. The molecule has 4 rings (SSSR count). The molecule has 7 nitrogen and oxygen atoms in total. The lowest BCUT2D eigenvalue weighted by Gasteiger charge is -2.26. The molecular formula is C26H28N2O5S. The van der Waals surface area contributed by atoms with Gasteiger partial charge in [-0.3, -0.25) is 9.10 Å². The van der Waals surface area contributed by atoms with Crippen LogP contribution in [0.5, 0.6) is 11.5 Å². The molecule has 3 aromatic rings. The lowest BCUT2D eigenvalue weighted by atomic mass is 10.1. The zero-order valence-electron chi connectivity index (χ0n) is 19.4. The van der Waals surface area contributed by atoms with Crippen LogP contribution in [0.1, 0.15) is 29.7 Å². The summed E-state index contributed by atoms with van der Waals surface area (Å²) in [5.41, 5.74) is 3.11. The van der Waals surface area contributed by atoms with Gasteiger partial charge < -0.3 is 14.8 Å². The Kier molecular flexibility index (Phi) is 6.79. The highest BCUT2D eigenvalue weighted by Crippen LogP contribution is 2.32. The van der Waals surface area contributed by atoms with Crippen LogP contribution in [0.25, 0.3) is 0 Å². The van der Waals surface area contributed by atoms with Gasteiger partial charge in [0.15, 0.2) is 11.5 Å². The van der Waals surface area contributed by atoms with E-state index in [4.69, 9.17) is 9.47 Å². The summed E-state index contributed by atoms with van der Waals surface area (Å²) < 4.78 is 39.4. The lowest BCUT2D eigenvalue weighted by molar-refractivity contribution is -0.120. The topological polar surface area (TPSA) is 84.9 Å². The summed E-state index contributed by atoms with van der Waals surface area (Å²) in [7, 11) is -3.96. The molecule has 0 fully saturated rings. The number of rotatable bonds is 7. The number of sulfonamides is 1. The third kappa shape index (κ3) is 5.17. The minimum atomic E-state index is -3.96. The van der Waals surface area contributed by atoms with Crippen molar-refractivity contribution in [3.05, 3.63) is 83.4 Å². The number of benzene rings is 3. The summed E-state index contributed by atoms with van der Waals surface area (Å²) in [4.78, 5) is 13.2. The Balaban J connectivity index is 1.57. The van der Waals surface area contributed by atoms with Gasteiger partial charge >= 0.3 is 0 Å². The average molecular weight is 481 g/mol. The second kappa shape index (κ2) is 9.77. The number of amides is 1. The van der Waals surface area contributed by atoms with Crippen molar-refractivity contribution in [1.29, 1.82) is 0 Å². The number of anilines is 1. The first-order valence-corrected chi connectivity index (χ1v) is 12.5. The molecule has 0 radical (unpaired) electrons. The number of carbonyl (C=O) groups excluding carboxylic acids is 1. The SMILES string of the molecule is Cc1ccc(S(=O)(=O)N(CC(=O)N[C@@H](C)c2ccc3c(c2)OCCO3)c2cccc(C)c2)cc1. The Morgan fingerprint density at radius 1 is 0.941 bits per heavy atom. The van der Waals surface area contributed by atoms with Gasteiger partial charge in [-0.15, -0.1) is 0 Å². The van der Waals surface area contributed by atoms with Crippen molar-refractivity contribution >= 4 is 21.6 Å². The summed E-state index contributed by atoms with van der Waals surface area (Å²) in [6.07, 6.45) is 0. The van der Waals surface area contributed by atoms with Crippen molar-refractivity contribution in [2.45, 2.75) is 31.7 Å². The zero-order chi connectivity index (χ0) is 24.3. The van der Waals surface area contributed by atoms with Crippen molar-refractivity contribution in [3.63, 3.8) is 0 Å². The zero-order valence-corrected chi connectivity index (χ0v) is 20.3. The Hall–Kier alpha value is -3.52. The van der Waals surface area contributed by atoms with Gasteiger partial charge in [0.2, 0.25) is 5.91 Å². The number of hydrogen-bond acceptors (Lipinski definition) is 5. The second-order valence-corrected chi connectivity index (χ2v) is 10.2. The molecule has 1 heterocycles. The van der Waals surface area contributed by atoms with Crippen LogP contribution in [0, 0.1) is 13.8 Å². The van der Waals surface area contributed by atoms with Crippen LogP contribution in [-0.4, -0.2) is 34.1 Å². The highest BCUT2D eigenvalue weighted by molar-refractivity contribution is 7.92. The van der Waals surface area contributed by atoms with Crippen LogP contribution >= 0.6 is 0 Å². The third-order valence-corrected chi connectivity index (χ3v) is 7.42. The van der Waals surface area contributed by atoms with E-state index >= 15 is 0 Å². The Labute approximate surface area is 200 Å². The largest absolute Gasteiger partial charge is 0.486 e. The standard InChI is InChI=1S/C26H28N2O5S/c1-18-7-10-23(11-8-18)34(30,31)28(22-6-4-5-19(2)15-22)17-26(29)27-20(3)21-9-12-24-25(16-21)33-14-13-32-24/h4-12,15-16,20H,13-14,17H2,1-3H3,(H,27,29)/t20-/m0/s1. The molecule has 8 heteroatoms. The van der Waals surface area contributed by atoms with Gasteiger partial charge in [0.25, 0.3) is 10.0 Å². The fourth-order valence-corrected chi connectivity index (χ4v) is 5.18. The molecule has 0 unspecified atom stereocenters. The molecule has 3 aromatic carbocycles. The smallest absolute Gasteiger partial charge is 0.264 e. The van der Waals surface area contributed by atoms with Crippen molar-refractivity contribution in [1.82, 2.24) is 5.32 Å². The van der Waals surface area contributed by atoms with Crippen LogP contribution in [0.15, 0.2) is 71.6 Å². The number of ether oxygens (including phenoxy) is 2. The Morgan fingerprint density at radius 2 is 1.65 bits per heavy atom. The summed E-state index contributed by atoms with van der Waals surface area (Å²) in [6.45, 7) is 6.23. The highest BCUT2D eigenvalue weighted by Gasteiger charge is 2.28. The second-order valence-electron chi connectivity index (χ2n) is 8.36. The molecule has 178 valence electrons. The summed E-state index contributed by atoms with van der Waals surface area (Å²) in [5.74, 6) is 0.885. The number of hydrogen-bond donors (Lipinski definition) is 1. The maximum Gasteiger partial charge on any atom is 0.264 e. The fourth-order valence-electron chi connectivity index (χ4n) is 3.77. The van der Waals surface area contributed by atoms with Gasteiger partial charge in [-0.05, 0) is 68.3 Å². The van der Waals surface area contributed by atoms with Gasteiger partial charge in [0, 0.05) is 0 Å². The van der Waals surface area contributed by atoms with E-state index in [1.807, 2.05) is 45.0 Å². The van der Waals surface area contributed by atoms with E-state index in [2.05, 4.69) is 5.32 Å². The molecule has 0 aromatic heterocycles. The number of carbonyl (C=O) groups is 1. The lowest BCUT2D eigenvalue weighted by Crippen LogP contribution is -2.41. The van der Waals surface area contributed by atoms with Gasteiger partial charge in [0.05, 0.1) is 16.6 Å². The predicted molar refractivity (Wildman–Crippen MR) is 131 cm³/mol. The van der Waals surface area contributed by atoms with Crippen LogP contribution in [0.3, 0.4) is 0 Å². The van der Waals surface area contributed by atoms with Crippen LogP contribution in [-0.2, 0) is 14.8 Å². The van der Waals surface area contributed by atoms with Crippen LogP contribution < -0.4 is 19.1 Å². The van der Waals surface area contributed by atoms with E-state index in [0.717, 1.165) is 21.0 Å². The molecule has 1 atom stereocenters. The molecule has 0 bridgehead atoms. The summed E-state index contributed by atoms with van der Waals surface area (Å²) in [5, 5.41) is 2.91. The van der Waals surface area contributed by atoms with E-state index < -0.39 is 15.9 Å². The molecule has 0 aliphatic carbocycles. The van der Waals surface area contributed by atoms with Crippen molar-refractivity contribution in [2.75, 3.05) is 24.1 Å². The molecule has 0 saturated carbocycles. The number of aryl methyl sites for hydroxylation is 2. The molecule has 1 aliphatic heterocycles. The van der Waals surface area contributed by atoms with Crippen LogP contribution in [0.4, 0.5) is 5.69 Å². The number of nitrogens with zero attached hydrogens (tertiary/aromatic N) is 1. The van der Waals surface area contributed by atoms with E-state index in [1.165, 1.54) is 0 Å². The quantitative estimate of drug-likeness (QED) is 0.549. The van der Waals surface area contributed by atoms with Crippen molar-refractivity contribution in [2.24, 2.45) is 0 Å². The van der Waals surface area contributed by atoms with Gasteiger partial charge in [-0.25, -0.2) is 8.42 Å². The minimum Gasteiger partial charge on any atom is -0.486 e. The first-order valence-electron chi connectivity index (χ1n) is 11.1. The molecule has 1 N–H and O–H groups in total. The molecule has 0 saturated heterocycles. The molecule has 1 aliphatic rings. The van der Waals surface area contributed by atoms with E-state index in [9.17, 15) is 13.2 Å². The van der Waals surface area contributed by atoms with Gasteiger partial charge in [0.1, 0.15) is 19.8 Å². The van der Waals surface area contributed by atoms with E-state index in [0.29, 0.717) is 30.4 Å². The summed E-state index contributed by atoms with van der Waals surface area (Å²) in [6, 6.07) is 18.9. The maximum absolute atomic E-state index is 13.5. The fraction of sp³-hybridized carbons (Fsp3) is 0.269. The highest BCUT2D eigenvalue weighted by atomic mass is 32.2. The number of nitrogens with one attached hydrogen (secondary N) is 1. The molecule has 34 heavy (non-hydrogen) atoms. The predicted octanol–water partition coefficient (Wildman–Crippen LogP) is 4.15. The third-order valence-electron chi connectivity index (χ3n) is 5.63. The van der Waals surface area contributed by atoms with Crippen molar-refractivity contribution < 1.29 is 22.7 Å². The molecule has 0 spiro atoms. The monoisotopic (exact) mass is 480 g/mol. The van der Waals surface area contributed by atoms with Crippen LogP contribution in [0.2, 0.25) is 0 Å². The van der Waals surface area contributed by atoms with Gasteiger partial charge in [-0.2, -0.15) is 0 Å². The van der Waals surface area contributed by atoms with Crippen molar-refractivity contribution in [3.8, 4) is 11.5 Å². The number of fused-ring (bicyclic) bond motifs is 1. The van der Waals surface area contributed by atoms with E-state index in [1.54, 1.807) is 42.5 Å². The van der Waals surface area contributed by atoms with E-state index in [-0.39, 0.29) is 17.5 Å².